The molecule has 0 aromatic heterocycles. The number of aliphatic imine (C=N–C) groups is 1. The highest BCUT2D eigenvalue weighted by Crippen LogP contribution is 2.65. The van der Waals surface area contributed by atoms with Crippen LogP contribution in [0.4, 0.5) is 0 Å². The van der Waals surface area contributed by atoms with Crippen molar-refractivity contribution in [3.8, 4) is 0 Å². The molecule has 4 aliphatic rings. The average molecular weight is 366 g/mol. The summed E-state index contributed by atoms with van der Waals surface area (Å²) in [5, 5.41) is 10.2. The van der Waals surface area contributed by atoms with Crippen molar-refractivity contribution in [1.82, 2.24) is 0 Å². The summed E-state index contributed by atoms with van der Waals surface area (Å²) in [4.78, 5) is 3.82. The summed E-state index contributed by atoms with van der Waals surface area (Å²) in [6, 6.07) is 0. The Balaban J connectivity index is 1.61. The zero-order valence-corrected chi connectivity index (χ0v) is 17.2. The van der Waals surface area contributed by atoms with Crippen LogP contribution in [0, 0.1) is 28.6 Å². The van der Waals surface area contributed by atoms with Crippen molar-refractivity contribution in [3.05, 3.63) is 47.2 Å². The van der Waals surface area contributed by atoms with E-state index < -0.39 is 0 Å². The van der Waals surface area contributed by atoms with E-state index >= 15 is 0 Å². The maximum atomic E-state index is 10.2. The van der Waals surface area contributed by atoms with Gasteiger partial charge in [-0.2, -0.15) is 0 Å². The van der Waals surface area contributed by atoms with E-state index in [0.717, 1.165) is 30.6 Å². The predicted molar refractivity (Wildman–Crippen MR) is 114 cm³/mol. The van der Waals surface area contributed by atoms with Crippen molar-refractivity contribution in [2.75, 3.05) is 0 Å². The third-order valence-electron chi connectivity index (χ3n) is 8.62. The van der Waals surface area contributed by atoms with Gasteiger partial charge in [-0.3, -0.25) is 4.99 Å². The Morgan fingerprint density at radius 3 is 2.70 bits per heavy atom. The van der Waals surface area contributed by atoms with Crippen molar-refractivity contribution in [1.29, 1.82) is 0 Å². The summed E-state index contributed by atoms with van der Waals surface area (Å²) in [6.07, 6.45) is 19.0. The Hall–Kier alpha value is -1.41. The molecular formula is C25H35NO. The smallest absolute Gasteiger partial charge is 0.0577 e. The van der Waals surface area contributed by atoms with Gasteiger partial charge in [0.15, 0.2) is 0 Å². The number of hydrogen-bond donors (Lipinski definition) is 1. The number of hydrogen-bond acceptors (Lipinski definition) is 2. The first-order valence-corrected chi connectivity index (χ1v) is 10.8. The fourth-order valence-corrected chi connectivity index (χ4v) is 7.16. The van der Waals surface area contributed by atoms with Gasteiger partial charge in [-0.1, -0.05) is 37.6 Å². The molecule has 6 atom stereocenters. The van der Waals surface area contributed by atoms with Gasteiger partial charge in [-0.15, -0.1) is 0 Å². The average Bonchev–Trinajstić information content (AvgIpc) is 3.00. The van der Waals surface area contributed by atoms with E-state index in [1.54, 1.807) is 17.3 Å². The number of allylic oxidation sites excluding steroid dienone is 6. The van der Waals surface area contributed by atoms with E-state index in [9.17, 15) is 5.11 Å². The molecule has 2 nitrogen and oxygen atoms in total. The first-order valence-electron chi connectivity index (χ1n) is 10.8. The van der Waals surface area contributed by atoms with Gasteiger partial charge in [-0.05, 0) is 104 Å². The van der Waals surface area contributed by atoms with Gasteiger partial charge in [0.1, 0.15) is 0 Å². The maximum absolute atomic E-state index is 10.2. The quantitative estimate of drug-likeness (QED) is 0.371. The van der Waals surface area contributed by atoms with Gasteiger partial charge in [0.2, 0.25) is 0 Å². The van der Waals surface area contributed by atoms with E-state index in [1.165, 1.54) is 37.7 Å². The number of fused-ring (bicyclic) bond motifs is 5. The minimum absolute atomic E-state index is 0.111. The van der Waals surface area contributed by atoms with Crippen LogP contribution in [0.15, 0.2) is 52.2 Å². The fraction of sp³-hybridized carbons (Fsp3) is 0.640. The molecule has 0 aromatic rings. The lowest BCUT2D eigenvalue weighted by Gasteiger charge is -2.57. The maximum Gasteiger partial charge on any atom is 0.0577 e. The van der Waals surface area contributed by atoms with Gasteiger partial charge >= 0.3 is 0 Å². The molecule has 6 unspecified atom stereocenters. The molecule has 2 fully saturated rings. The Bertz CT molecular complexity index is 741. The van der Waals surface area contributed by atoms with Gasteiger partial charge in [-0.25, -0.2) is 0 Å². The summed E-state index contributed by atoms with van der Waals surface area (Å²) in [5.41, 5.74) is 5.16. The van der Waals surface area contributed by atoms with Crippen LogP contribution in [0.2, 0.25) is 0 Å². The molecule has 4 rings (SSSR count). The second kappa shape index (κ2) is 6.88. The monoisotopic (exact) mass is 365 g/mol. The van der Waals surface area contributed by atoms with Gasteiger partial charge in [0.05, 0.1) is 6.10 Å². The number of aliphatic hydroxyl groups is 1. The molecule has 4 aliphatic carbocycles. The summed E-state index contributed by atoms with van der Waals surface area (Å²) in [7, 11) is 0. The molecule has 0 amide bonds. The topological polar surface area (TPSA) is 32.6 Å². The molecule has 0 spiro atoms. The summed E-state index contributed by atoms with van der Waals surface area (Å²) < 4.78 is 0. The highest BCUT2D eigenvalue weighted by Gasteiger charge is 2.56. The van der Waals surface area contributed by atoms with Gasteiger partial charge in [0, 0.05) is 6.20 Å². The minimum atomic E-state index is -0.111. The van der Waals surface area contributed by atoms with Crippen LogP contribution in [-0.4, -0.2) is 17.9 Å². The highest BCUT2D eigenvalue weighted by atomic mass is 16.3. The van der Waals surface area contributed by atoms with Crippen molar-refractivity contribution < 1.29 is 5.11 Å². The first kappa shape index (κ1) is 18.9. The van der Waals surface area contributed by atoms with Crippen LogP contribution in [0.25, 0.3) is 0 Å². The van der Waals surface area contributed by atoms with Gasteiger partial charge in [0.25, 0.3) is 0 Å². The largest absolute Gasteiger partial charge is 0.393 e. The summed E-state index contributed by atoms with van der Waals surface area (Å²) in [6.45, 7) is 10.8. The molecule has 0 radical (unpaired) electrons. The third kappa shape index (κ3) is 2.92. The van der Waals surface area contributed by atoms with Crippen molar-refractivity contribution in [2.24, 2.45) is 33.6 Å². The predicted octanol–water partition coefficient (Wildman–Crippen LogP) is 6.01. The zero-order valence-electron chi connectivity index (χ0n) is 17.2. The molecule has 0 aromatic carbocycles. The highest BCUT2D eigenvalue weighted by molar-refractivity contribution is 5.42. The van der Waals surface area contributed by atoms with Crippen molar-refractivity contribution in [3.63, 3.8) is 0 Å². The molecule has 27 heavy (non-hydrogen) atoms. The SMILES string of the molecule is C=NC=CC=C(C)C1=CCC2C3CC=C4CC(O)CCC4(C)C3CCC12C. The number of nitrogens with zero attached hydrogens (tertiary/aromatic N) is 1. The standard InChI is InChI=1S/C25H35NO/c1-17(6-5-15-26-4)21-9-10-22-20-8-7-18-16-19(27)11-13-24(18,2)23(20)12-14-25(21,22)3/h5-7,9,15,19-20,22-23,27H,4,8,10-14,16H2,1-3H3. The Labute approximate surface area is 164 Å². The van der Waals surface area contributed by atoms with Crippen LogP contribution in [0.3, 0.4) is 0 Å². The van der Waals surface area contributed by atoms with Crippen molar-refractivity contribution >= 4 is 6.72 Å². The second-order valence-electron chi connectivity index (χ2n) is 9.84. The normalized spacial score (nSPS) is 44.2. The summed E-state index contributed by atoms with van der Waals surface area (Å²) in [5.74, 6) is 2.35. The Morgan fingerprint density at radius 1 is 1.15 bits per heavy atom. The lowest BCUT2D eigenvalue weighted by molar-refractivity contribution is -0.0287. The lowest BCUT2D eigenvalue weighted by Crippen LogP contribution is -2.50. The van der Waals surface area contributed by atoms with E-state index in [1.807, 2.05) is 6.08 Å². The minimum Gasteiger partial charge on any atom is -0.393 e. The molecule has 1 N–H and O–H groups in total. The van der Waals surface area contributed by atoms with Crippen LogP contribution in [0.5, 0.6) is 0 Å². The number of aliphatic hydroxyl groups excluding tert-OH is 1. The fourth-order valence-electron chi connectivity index (χ4n) is 7.16. The van der Waals surface area contributed by atoms with E-state index in [4.69, 9.17) is 0 Å². The molecular weight excluding hydrogens is 330 g/mol. The number of rotatable bonds is 3. The first-order chi connectivity index (χ1) is 12.9. The Kier molecular flexibility index (Phi) is 4.83. The van der Waals surface area contributed by atoms with Crippen LogP contribution >= 0.6 is 0 Å². The van der Waals surface area contributed by atoms with Crippen molar-refractivity contribution in [2.45, 2.75) is 71.8 Å². The molecule has 0 saturated heterocycles. The third-order valence-corrected chi connectivity index (χ3v) is 8.62. The Morgan fingerprint density at radius 2 is 1.93 bits per heavy atom. The van der Waals surface area contributed by atoms with E-state index in [0.29, 0.717) is 10.8 Å². The second-order valence-corrected chi connectivity index (χ2v) is 9.84. The molecule has 0 aliphatic heterocycles. The molecule has 2 saturated carbocycles. The zero-order chi connectivity index (χ0) is 19.2. The van der Waals surface area contributed by atoms with E-state index in [-0.39, 0.29) is 6.10 Å². The molecule has 0 heterocycles. The molecule has 2 heteroatoms. The van der Waals surface area contributed by atoms with Crippen LogP contribution in [-0.2, 0) is 0 Å². The summed E-state index contributed by atoms with van der Waals surface area (Å²) >= 11 is 0. The van der Waals surface area contributed by atoms with E-state index in [2.05, 4.69) is 50.7 Å². The molecule has 146 valence electrons. The van der Waals surface area contributed by atoms with Crippen LogP contribution in [0.1, 0.15) is 65.7 Å². The molecule has 0 bridgehead atoms. The van der Waals surface area contributed by atoms with Crippen LogP contribution < -0.4 is 0 Å². The lowest BCUT2D eigenvalue weighted by atomic mass is 9.47. The van der Waals surface area contributed by atoms with Gasteiger partial charge < -0.3 is 5.11 Å².